The number of nitrogens with zero attached hydrogens (tertiary/aromatic N) is 5. The Kier molecular flexibility index (Phi) is 6.56. The Morgan fingerprint density at radius 3 is 2.58 bits per heavy atom. The smallest absolute Gasteiger partial charge is 0.408 e. The number of rotatable bonds is 7. The van der Waals surface area contributed by atoms with Crippen molar-refractivity contribution in [3.8, 4) is 17.3 Å². The zero-order chi connectivity index (χ0) is 27.2. The van der Waals surface area contributed by atoms with E-state index < -0.39 is 23.6 Å². The Bertz CT molecular complexity index is 1520. The molecule has 8 nitrogen and oxygen atoms in total. The number of aromatic nitrogens is 4. The quantitative estimate of drug-likeness (QED) is 0.330. The van der Waals surface area contributed by atoms with E-state index in [0.29, 0.717) is 28.7 Å². The van der Waals surface area contributed by atoms with Gasteiger partial charge in [0, 0.05) is 43.6 Å². The molecular weight excluding hydrogens is 504 g/mol. The van der Waals surface area contributed by atoms with Crippen LogP contribution in [0.2, 0.25) is 0 Å². The maximum Gasteiger partial charge on any atom is 0.408 e. The number of hydrogen-bond acceptors (Lipinski definition) is 7. The molecule has 38 heavy (non-hydrogen) atoms. The van der Waals surface area contributed by atoms with Crippen LogP contribution in [0.15, 0.2) is 42.6 Å². The molecule has 12 heteroatoms. The summed E-state index contributed by atoms with van der Waals surface area (Å²) >= 11 is 0. The lowest BCUT2D eigenvalue weighted by molar-refractivity contribution is -0.183. The molecule has 0 amide bonds. The van der Waals surface area contributed by atoms with Gasteiger partial charge in [0.1, 0.15) is 34.4 Å². The van der Waals surface area contributed by atoms with Gasteiger partial charge in [-0.2, -0.15) is 13.2 Å². The van der Waals surface area contributed by atoms with Gasteiger partial charge < -0.3 is 14.9 Å². The van der Waals surface area contributed by atoms with Crippen molar-refractivity contribution in [1.29, 1.82) is 5.41 Å². The lowest BCUT2D eigenvalue weighted by atomic mass is 10.1. The zero-order valence-electron chi connectivity index (χ0n) is 21.0. The highest BCUT2D eigenvalue weighted by molar-refractivity contribution is 5.87. The van der Waals surface area contributed by atoms with Gasteiger partial charge in [-0.3, -0.25) is 9.30 Å². The molecule has 1 atom stereocenters. The minimum absolute atomic E-state index is 0.00829. The molecule has 200 valence electrons. The number of benzene rings is 1. The van der Waals surface area contributed by atoms with Crippen LogP contribution in [0.3, 0.4) is 0 Å². The molecule has 0 aliphatic carbocycles. The monoisotopic (exact) mass is 530 g/mol. The fourth-order valence-corrected chi connectivity index (χ4v) is 4.80. The summed E-state index contributed by atoms with van der Waals surface area (Å²) in [5.41, 5.74) is 0.544. The van der Waals surface area contributed by atoms with E-state index in [-0.39, 0.29) is 42.5 Å². The highest BCUT2D eigenvalue weighted by atomic mass is 19.4. The largest absolute Gasteiger partial charge is 0.483 e. The molecule has 1 saturated heterocycles. The molecule has 1 aromatic carbocycles. The summed E-state index contributed by atoms with van der Waals surface area (Å²) in [6, 6.07) is 6.80. The maximum absolute atomic E-state index is 14.3. The van der Waals surface area contributed by atoms with Crippen molar-refractivity contribution in [1.82, 2.24) is 24.5 Å². The van der Waals surface area contributed by atoms with Crippen molar-refractivity contribution < 1.29 is 27.0 Å². The van der Waals surface area contributed by atoms with E-state index in [0.717, 1.165) is 0 Å². The van der Waals surface area contributed by atoms with E-state index in [1.165, 1.54) is 46.9 Å². The normalized spacial score (nSPS) is 16.0. The van der Waals surface area contributed by atoms with Gasteiger partial charge in [-0.15, -0.1) is 10.2 Å². The molecule has 5 rings (SSSR count). The Morgan fingerprint density at radius 2 is 1.89 bits per heavy atom. The van der Waals surface area contributed by atoms with Crippen LogP contribution in [0.25, 0.3) is 28.1 Å². The van der Waals surface area contributed by atoms with Gasteiger partial charge in [0.05, 0.1) is 6.61 Å². The first-order chi connectivity index (χ1) is 17.9. The molecular formula is C26H26F4N6O2. The summed E-state index contributed by atoms with van der Waals surface area (Å²) in [6.07, 6.45) is -2.88. The topological polar surface area (TPSA) is 88.6 Å². The fourth-order valence-electron chi connectivity index (χ4n) is 4.80. The maximum atomic E-state index is 14.3. The van der Waals surface area contributed by atoms with Crippen LogP contribution in [0, 0.1) is 11.2 Å². The van der Waals surface area contributed by atoms with Gasteiger partial charge >= 0.3 is 6.18 Å². The second kappa shape index (κ2) is 9.59. The molecule has 3 aromatic heterocycles. The predicted octanol–water partition coefficient (Wildman–Crippen LogP) is 5.22. The van der Waals surface area contributed by atoms with Crippen LogP contribution in [0.1, 0.15) is 31.9 Å². The summed E-state index contributed by atoms with van der Waals surface area (Å²) in [6.45, 7) is 3.95. The van der Waals surface area contributed by atoms with Crippen molar-refractivity contribution in [2.24, 2.45) is 0 Å². The Hall–Kier alpha value is -3.64. The standard InChI is InChI=1S/C26H26F4N6O2/c1-25(2,14-37-3)38-20-11-17(27)10-15-4-6-19(32-22(15)20)24-34-33-21-7-5-16(12-36(21)24)23(26(28,29)30)35-9-8-18(31)13-35/h4-7,10-12,23,31H,8-9,13-14H2,1-3H3/t23-/m1/s1. The number of ether oxygens (including phenoxy) is 2. The van der Waals surface area contributed by atoms with E-state index in [9.17, 15) is 17.6 Å². The van der Waals surface area contributed by atoms with E-state index in [1.54, 1.807) is 26.0 Å². The summed E-state index contributed by atoms with van der Waals surface area (Å²) in [5.74, 6) is -0.0710. The van der Waals surface area contributed by atoms with Crippen molar-refractivity contribution in [3.05, 3.63) is 54.0 Å². The summed E-state index contributed by atoms with van der Waals surface area (Å²) in [5, 5.41) is 16.6. The summed E-state index contributed by atoms with van der Waals surface area (Å²) in [7, 11) is 1.53. The van der Waals surface area contributed by atoms with Crippen LogP contribution in [0.5, 0.6) is 5.75 Å². The highest BCUT2D eigenvalue weighted by Crippen LogP contribution is 2.39. The lowest BCUT2D eigenvalue weighted by Gasteiger charge is -2.29. The molecule has 0 saturated carbocycles. The van der Waals surface area contributed by atoms with Crippen LogP contribution < -0.4 is 4.74 Å². The highest BCUT2D eigenvalue weighted by Gasteiger charge is 2.46. The van der Waals surface area contributed by atoms with E-state index in [1.807, 2.05) is 0 Å². The van der Waals surface area contributed by atoms with E-state index >= 15 is 0 Å². The number of likely N-dealkylation sites (tertiary alicyclic amines) is 1. The first-order valence-corrected chi connectivity index (χ1v) is 12.0. The molecule has 4 aromatic rings. The first-order valence-electron chi connectivity index (χ1n) is 12.0. The number of methoxy groups -OCH3 is 1. The Balaban J connectivity index is 1.60. The minimum Gasteiger partial charge on any atom is -0.483 e. The summed E-state index contributed by atoms with van der Waals surface area (Å²) < 4.78 is 69.5. The number of hydrogen-bond donors (Lipinski definition) is 1. The number of nitrogens with one attached hydrogen (secondary N) is 1. The minimum atomic E-state index is -4.54. The Morgan fingerprint density at radius 1 is 1.11 bits per heavy atom. The Labute approximate surface area is 215 Å². The third-order valence-electron chi connectivity index (χ3n) is 6.34. The number of pyridine rings is 2. The average Bonchev–Trinajstić information content (AvgIpc) is 3.43. The van der Waals surface area contributed by atoms with E-state index in [2.05, 4.69) is 15.2 Å². The van der Waals surface area contributed by atoms with Crippen molar-refractivity contribution >= 4 is 22.3 Å². The molecule has 1 N–H and O–H groups in total. The molecule has 0 spiro atoms. The van der Waals surface area contributed by atoms with Crippen LogP contribution in [0.4, 0.5) is 17.6 Å². The second-order valence-corrected chi connectivity index (χ2v) is 9.95. The fraction of sp³-hybridized carbons (Fsp3) is 0.385. The van der Waals surface area contributed by atoms with Gasteiger partial charge in [0.2, 0.25) is 0 Å². The van der Waals surface area contributed by atoms with E-state index in [4.69, 9.17) is 14.9 Å². The molecule has 0 unspecified atom stereocenters. The summed E-state index contributed by atoms with van der Waals surface area (Å²) in [4.78, 5) is 5.90. The number of alkyl halides is 3. The third kappa shape index (κ3) is 5.05. The third-order valence-corrected chi connectivity index (χ3v) is 6.34. The van der Waals surface area contributed by atoms with Crippen LogP contribution in [-0.2, 0) is 4.74 Å². The molecule has 0 radical (unpaired) electrons. The van der Waals surface area contributed by atoms with Gasteiger partial charge in [-0.25, -0.2) is 9.37 Å². The number of fused-ring (bicyclic) bond motifs is 2. The van der Waals surface area contributed by atoms with Gasteiger partial charge in [0.15, 0.2) is 11.5 Å². The van der Waals surface area contributed by atoms with Crippen molar-refractivity contribution in [2.45, 2.75) is 38.1 Å². The number of halogens is 4. The van der Waals surface area contributed by atoms with Crippen molar-refractivity contribution in [3.63, 3.8) is 0 Å². The van der Waals surface area contributed by atoms with Gasteiger partial charge in [-0.1, -0.05) is 12.1 Å². The van der Waals surface area contributed by atoms with Gasteiger partial charge in [-0.05, 0) is 44.0 Å². The SMILES string of the molecule is COCC(C)(C)Oc1cc(F)cc2ccc(-c3nnc4ccc([C@@H](N5CCC(=N)C5)C(F)(F)F)cn34)nc12. The molecule has 0 bridgehead atoms. The first kappa shape index (κ1) is 26.0. The van der Waals surface area contributed by atoms with Crippen LogP contribution >= 0.6 is 0 Å². The van der Waals surface area contributed by atoms with Crippen molar-refractivity contribution in [2.75, 3.05) is 26.8 Å². The van der Waals surface area contributed by atoms with Gasteiger partial charge in [0.25, 0.3) is 0 Å². The van der Waals surface area contributed by atoms with Crippen LogP contribution in [-0.4, -0.2) is 68.8 Å². The molecule has 1 fully saturated rings. The molecule has 1 aliphatic heterocycles. The molecule has 4 heterocycles. The predicted molar refractivity (Wildman–Crippen MR) is 133 cm³/mol. The average molecular weight is 531 g/mol. The second-order valence-electron chi connectivity index (χ2n) is 9.95. The molecule has 1 aliphatic rings. The lowest BCUT2D eigenvalue weighted by Crippen LogP contribution is -2.37. The zero-order valence-corrected chi connectivity index (χ0v) is 21.0.